The van der Waals surface area contributed by atoms with Gasteiger partial charge in [0, 0.05) is 36.6 Å². The Hall–Kier alpha value is -1.81. The second-order valence-electron chi connectivity index (χ2n) is 4.98. The van der Waals surface area contributed by atoms with Crippen LogP contribution in [0.2, 0.25) is 0 Å². The molecule has 0 spiro atoms. The van der Waals surface area contributed by atoms with E-state index in [0.29, 0.717) is 13.0 Å². The van der Waals surface area contributed by atoms with Crippen LogP contribution in [0, 0.1) is 6.92 Å². The van der Waals surface area contributed by atoms with Crippen LogP contribution in [-0.2, 0) is 24.8 Å². The molecule has 18 heavy (non-hydrogen) atoms. The predicted octanol–water partition coefficient (Wildman–Crippen LogP) is 1.59. The first-order valence-corrected chi connectivity index (χ1v) is 6.11. The Balaban J connectivity index is 2.19. The summed E-state index contributed by atoms with van der Waals surface area (Å²) in [5.41, 5.74) is 4.79. The van der Waals surface area contributed by atoms with Gasteiger partial charge in [-0.15, -0.1) is 0 Å². The number of carboxylic acid groups (broad SMARTS) is 1. The number of nitrogens with zero attached hydrogens (tertiary/aromatic N) is 1. The molecule has 1 aliphatic rings. The highest BCUT2D eigenvalue weighted by atomic mass is 16.4. The Kier molecular flexibility index (Phi) is 2.41. The number of hydrogen-bond donors (Lipinski definition) is 2. The molecule has 0 radical (unpaired) electrons. The van der Waals surface area contributed by atoms with Gasteiger partial charge in [-0.1, -0.05) is 12.1 Å². The van der Waals surface area contributed by atoms with Crippen molar-refractivity contribution in [3.05, 3.63) is 35.0 Å². The number of carboxylic acids is 1. The summed E-state index contributed by atoms with van der Waals surface area (Å²) < 4.78 is 2.17. The Morgan fingerprint density at radius 1 is 1.50 bits per heavy atom. The Bertz CT molecular complexity index is 643. The minimum absolute atomic E-state index is 0.468. The van der Waals surface area contributed by atoms with E-state index in [0.717, 1.165) is 0 Å². The van der Waals surface area contributed by atoms with Crippen LogP contribution < -0.4 is 5.32 Å². The molecule has 0 aliphatic carbocycles. The minimum atomic E-state index is -0.773. The fourth-order valence-electron chi connectivity index (χ4n) is 2.80. The summed E-state index contributed by atoms with van der Waals surface area (Å²) in [5.74, 6) is -0.773. The molecule has 2 aromatic rings. The molecule has 1 aliphatic heterocycles. The molecule has 1 unspecified atom stereocenters. The largest absolute Gasteiger partial charge is 0.480 e. The van der Waals surface area contributed by atoms with Crippen molar-refractivity contribution in [1.82, 2.24) is 9.88 Å². The van der Waals surface area contributed by atoms with Crippen LogP contribution in [0.1, 0.15) is 16.8 Å². The lowest BCUT2D eigenvalue weighted by molar-refractivity contribution is -0.139. The SMILES string of the molecule is Cc1ccc2c3c(n(C)c2c1)CNC(C(=O)O)C3. The highest BCUT2D eigenvalue weighted by Gasteiger charge is 2.27. The van der Waals surface area contributed by atoms with Gasteiger partial charge in [-0.2, -0.15) is 0 Å². The molecule has 94 valence electrons. The van der Waals surface area contributed by atoms with E-state index in [2.05, 4.69) is 35.0 Å². The van der Waals surface area contributed by atoms with E-state index < -0.39 is 12.0 Å². The highest BCUT2D eigenvalue weighted by molar-refractivity contribution is 5.87. The predicted molar refractivity (Wildman–Crippen MR) is 69.6 cm³/mol. The number of carbonyl (C=O) groups is 1. The van der Waals surface area contributed by atoms with E-state index in [1.54, 1.807) is 0 Å². The number of aliphatic carboxylic acids is 1. The number of fused-ring (bicyclic) bond motifs is 3. The van der Waals surface area contributed by atoms with Gasteiger partial charge in [0.15, 0.2) is 0 Å². The average molecular weight is 244 g/mol. The van der Waals surface area contributed by atoms with Gasteiger partial charge < -0.3 is 9.67 Å². The number of benzene rings is 1. The maximum Gasteiger partial charge on any atom is 0.321 e. The molecule has 2 heterocycles. The van der Waals surface area contributed by atoms with E-state index in [1.807, 2.05) is 7.05 Å². The van der Waals surface area contributed by atoms with Gasteiger partial charge in [0.2, 0.25) is 0 Å². The van der Waals surface area contributed by atoms with Gasteiger partial charge in [-0.25, -0.2) is 0 Å². The summed E-state index contributed by atoms with van der Waals surface area (Å²) >= 11 is 0. The van der Waals surface area contributed by atoms with E-state index >= 15 is 0 Å². The molecule has 0 saturated heterocycles. The standard InChI is InChI=1S/C14H16N2O2/c1-8-3-4-9-10-6-11(14(17)18)15-7-13(10)16(2)12(9)5-8/h3-5,11,15H,6-7H2,1-2H3,(H,17,18). The molecule has 1 aromatic carbocycles. The first kappa shape index (κ1) is 11.3. The molecule has 2 N–H and O–H groups in total. The highest BCUT2D eigenvalue weighted by Crippen LogP contribution is 2.29. The number of aryl methyl sites for hydroxylation is 2. The van der Waals surface area contributed by atoms with Crippen molar-refractivity contribution in [2.45, 2.75) is 25.9 Å². The summed E-state index contributed by atoms with van der Waals surface area (Å²) in [6.07, 6.45) is 0.561. The quantitative estimate of drug-likeness (QED) is 0.801. The smallest absolute Gasteiger partial charge is 0.321 e. The second-order valence-corrected chi connectivity index (χ2v) is 4.98. The van der Waals surface area contributed by atoms with Crippen LogP contribution in [-0.4, -0.2) is 21.7 Å². The lowest BCUT2D eigenvalue weighted by Crippen LogP contribution is -2.41. The molecule has 1 aromatic heterocycles. The zero-order chi connectivity index (χ0) is 12.9. The Morgan fingerprint density at radius 3 is 3.00 bits per heavy atom. The van der Waals surface area contributed by atoms with Crippen LogP contribution in [0.3, 0.4) is 0 Å². The molecule has 3 rings (SSSR count). The molecule has 4 heteroatoms. The Morgan fingerprint density at radius 2 is 2.28 bits per heavy atom. The third kappa shape index (κ3) is 1.53. The van der Waals surface area contributed by atoms with Gasteiger partial charge in [0.1, 0.15) is 6.04 Å². The van der Waals surface area contributed by atoms with Crippen molar-refractivity contribution < 1.29 is 9.90 Å². The molecule has 0 amide bonds. The van der Waals surface area contributed by atoms with Crippen molar-refractivity contribution in [1.29, 1.82) is 0 Å². The minimum Gasteiger partial charge on any atom is -0.480 e. The van der Waals surface area contributed by atoms with Crippen LogP contribution in [0.4, 0.5) is 0 Å². The van der Waals surface area contributed by atoms with E-state index in [-0.39, 0.29) is 0 Å². The normalized spacial score (nSPS) is 18.9. The van der Waals surface area contributed by atoms with Crippen molar-refractivity contribution in [3.8, 4) is 0 Å². The molecular weight excluding hydrogens is 228 g/mol. The average Bonchev–Trinajstić information content (AvgIpc) is 2.62. The number of aromatic nitrogens is 1. The van der Waals surface area contributed by atoms with Crippen LogP contribution in [0.25, 0.3) is 10.9 Å². The summed E-state index contributed by atoms with van der Waals surface area (Å²) in [6, 6.07) is 5.88. The van der Waals surface area contributed by atoms with Crippen molar-refractivity contribution in [2.75, 3.05) is 0 Å². The lowest BCUT2D eigenvalue weighted by atomic mass is 9.98. The van der Waals surface area contributed by atoms with Crippen molar-refractivity contribution >= 4 is 16.9 Å². The maximum atomic E-state index is 11.1. The number of nitrogens with one attached hydrogen (secondary N) is 1. The van der Waals surface area contributed by atoms with Crippen molar-refractivity contribution in [2.24, 2.45) is 7.05 Å². The van der Waals surface area contributed by atoms with Crippen molar-refractivity contribution in [3.63, 3.8) is 0 Å². The van der Waals surface area contributed by atoms with E-state index in [9.17, 15) is 4.79 Å². The molecule has 4 nitrogen and oxygen atoms in total. The monoisotopic (exact) mass is 244 g/mol. The van der Waals surface area contributed by atoms with Gasteiger partial charge >= 0.3 is 5.97 Å². The van der Waals surface area contributed by atoms with Gasteiger partial charge in [0.25, 0.3) is 0 Å². The maximum absolute atomic E-state index is 11.1. The topological polar surface area (TPSA) is 54.3 Å². The summed E-state index contributed by atoms with van der Waals surface area (Å²) in [7, 11) is 2.05. The second kappa shape index (κ2) is 3.85. The first-order valence-electron chi connectivity index (χ1n) is 6.11. The van der Waals surface area contributed by atoms with E-state index in [4.69, 9.17) is 5.11 Å². The summed E-state index contributed by atoms with van der Waals surface area (Å²) in [6.45, 7) is 2.69. The molecular formula is C14H16N2O2. The molecule has 0 fully saturated rings. The van der Waals surface area contributed by atoms with Crippen LogP contribution in [0.5, 0.6) is 0 Å². The third-order valence-electron chi connectivity index (χ3n) is 3.82. The number of rotatable bonds is 1. The third-order valence-corrected chi connectivity index (χ3v) is 3.82. The number of hydrogen-bond acceptors (Lipinski definition) is 2. The molecule has 0 saturated carbocycles. The molecule has 1 atom stereocenters. The van der Waals surface area contributed by atoms with E-state index in [1.165, 1.54) is 27.7 Å². The first-order chi connectivity index (χ1) is 8.58. The summed E-state index contributed by atoms with van der Waals surface area (Å²) in [4.78, 5) is 11.1. The zero-order valence-corrected chi connectivity index (χ0v) is 10.5. The van der Waals surface area contributed by atoms with Gasteiger partial charge in [-0.3, -0.25) is 10.1 Å². The van der Waals surface area contributed by atoms with Crippen LogP contribution >= 0.6 is 0 Å². The van der Waals surface area contributed by atoms with Gasteiger partial charge in [-0.05, 0) is 24.1 Å². The lowest BCUT2D eigenvalue weighted by Gasteiger charge is -2.21. The fraction of sp³-hybridized carbons (Fsp3) is 0.357. The summed E-state index contributed by atoms with van der Waals surface area (Å²) in [5, 5.41) is 13.4. The van der Waals surface area contributed by atoms with Crippen LogP contribution in [0.15, 0.2) is 18.2 Å². The zero-order valence-electron chi connectivity index (χ0n) is 10.5. The molecule has 0 bridgehead atoms. The Labute approximate surface area is 105 Å². The van der Waals surface area contributed by atoms with Gasteiger partial charge in [0.05, 0.1) is 0 Å². The fourth-order valence-corrected chi connectivity index (χ4v) is 2.80.